The maximum Gasteiger partial charge on any atom is 0.421 e. The fraction of sp³-hybridized carbons (Fsp3) is 0.375. The number of anilines is 3. The number of amides is 3. The number of likely N-dealkylation sites (tertiary alicyclic amines) is 1. The van der Waals surface area contributed by atoms with Crippen molar-refractivity contribution in [1.82, 2.24) is 35.0 Å². The molecule has 3 N–H and O–H groups in total. The number of fused-ring (bicyclic) bond motifs is 2. The van der Waals surface area contributed by atoms with E-state index in [-0.39, 0.29) is 43.2 Å². The Balaban J connectivity index is 0.722. The molecule has 0 spiro atoms. The molecule has 10 rings (SSSR count). The highest BCUT2D eigenvalue weighted by atomic mass is 19.4. The minimum atomic E-state index is -4.69. The zero-order chi connectivity index (χ0) is 44.9. The first-order valence-corrected chi connectivity index (χ1v) is 22.1. The van der Waals surface area contributed by atoms with E-state index >= 15 is 0 Å². The molecule has 2 aromatic heterocycles. The van der Waals surface area contributed by atoms with E-state index in [2.05, 4.69) is 54.7 Å². The molecule has 3 aromatic carbocycles. The number of rotatable bonds is 10. The lowest BCUT2D eigenvalue weighted by atomic mass is 9.83. The van der Waals surface area contributed by atoms with Crippen LogP contribution in [0, 0.1) is 0 Å². The lowest BCUT2D eigenvalue weighted by molar-refractivity contribution is -0.138. The van der Waals surface area contributed by atoms with Gasteiger partial charge in [-0.15, -0.1) is 0 Å². The van der Waals surface area contributed by atoms with Gasteiger partial charge in [0.25, 0.3) is 5.91 Å². The molecule has 0 bridgehead atoms. The Morgan fingerprint density at radius 1 is 0.815 bits per heavy atom. The van der Waals surface area contributed by atoms with Gasteiger partial charge in [0.2, 0.25) is 17.8 Å². The molecule has 2 atom stereocenters. The first-order valence-electron chi connectivity index (χ1n) is 22.1. The fourth-order valence-corrected chi connectivity index (χ4v) is 9.75. The number of nitrogens with one attached hydrogen (secondary N) is 2. The van der Waals surface area contributed by atoms with Gasteiger partial charge in [-0.3, -0.25) is 34.3 Å². The molecule has 5 aliphatic heterocycles. The van der Waals surface area contributed by atoms with E-state index < -0.39 is 35.3 Å². The third kappa shape index (κ3) is 8.80. The van der Waals surface area contributed by atoms with Crippen LogP contribution in [-0.4, -0.2) is 84.8 Å². The maximum atomic E-state index is 14.2. The van der Waals surface area contributed by atoms with Crippen LogP contribution in [0.25, 0.3) is 0 Å². The molecule has 1 unspecified atom stereocenters. The number of carbonyl (C=O) groups is 3. The molecule has 14 nitrogen and oxygen atoms in total. The summed E-state index contributed by atoms with van der Waals surface area (Å²) in [4.78, 5) is 62.4. The number of aliphatic hydroxyl groups is 1. The summed E-state index contributed by atoms with van der Waals surface area (Å²) in [6.07, 6.45) is -1.08. The van der Waals surface area contributed by atoms with Crippen molar-refractivity contribution in [3.8, 4) is 0 Å². The Morgan fingerprint density at radius 3 is 2.31 bits per heavy atom. The zero-order valence-corrected chi connectivity index (χ0v) is 35.6. The number of benzene rings is 3. The number of aromatic nitrogens is 3. The van der Waals surface area contributed by atoms with Crippen LogP contribution in [0.5, 0.6) is 0 Å². The SMILES string of the molecule is O=C1CCC(N2Cc3cc(C4(O)CCN(Cc5ccc(CN6CCc7nc(Nc8ncc(C(F)(F)F)c(N9OCC[C@H]9c9ccccc9)n8)ccc7C6)cc5)CC4)ccc3C2=O)C(=O)N1. The van der Waals surface area contributed by atoms with Crippen LogP contribution in [0.3, 0.4) is 0 Å². The van der Waals surface area contributed by atoms with Crippen molar-refractivity contribution in [1.29, 1.82) is 0 Å². The second kappa shape index (κ2) is 17.3. The molecule has 5 aromatic rings. The van der Waals surface area contributed by atoms with E-state index in [9.17, 15) is 32.7 Å². The summed E-state index contributed by atoms with van der Waals surface area (Å²) < 4.78 is 42.5. The van der Waals surface area contributed by atoms with Crippen LogP contribution in [0.2, 0.25) is 0 Å². The number of pyridine rings is 1. The average molecular weight is 888 g/mol. The number of hydroxylamine groups is 1. The average Bonchev–Trinajstić information content (AvgIpc) is 3.92. The predicted molar refractivity (Wildman–Crippen MR) is 232 cm³/mol. The van der Waals surface area contributed by atoms with Crippen LogP contribution < -0.4 is 15.7 Å². The first kappa shape index (κ1) is 42.7. The normalized spacial score (nSPS) is 21.3. The van der Waals surface area contributed by atoms with Crippen molar-refractivity contribution >= 4 is 35.3 Å². The Hall–Kier alpha value is -6.27. The summed E-state index contributed by atoms with van der Waals surface area (Å²) in [5.74, 6) is -0.904. The Morgan fingerprint density at radius 2 is 1.57 bits per heavy atom. The van der Waals surface area contributed by atoms with Crippen molar-refractivity contribution in [2.24, 2.45) is 0 Å². The number of carbonyl (C=O) groups excluding carboxylic acids is 3. The van der Waals surface area contributed by atoms with E-state index in [0.717, 1.165) is 53.8 Å². The lowest BCUT2D eigenvalue weighted by Gasteiger charge is -2.38. The largest absolute Gasteiger partial charge is 0.421 e. The standard InChI is InChI=1S/C48H48F3N9O5/c49-48(50,51)37-25-52-46(56-43(37)60-39(17-23-65-60)32-4-2-1-3-5-32)54-41-14-10-33-28-58(20-16-38(33)53-41)27-31-8-6-30(7-9-31)26-57-21-18-47(64,19-22-57)35-11-12-36-34(24-35)29-59(45(36)63)40-13-15-42(61)55-44(40)62/h1-12,14,24-25,39-40,64H,13,15-23,26-29H2,(H,55,61,62)(H,52,53,54,56)/t39-,40?/m0/s1. The summed E-state index contributed by atoms with van der Waals surface area (Å²) in [5, 5.41) is 18.4. The molecule has 3 amide bonds. The molecule has 0 aliphatic carbocycles. The lowest BCUT2D eigenvalue weighted by Crippen LogP contribution is -2.52. The molecular formula is C48H48F3N9O5. The molecule has 5 aliphatic rings. The van der Waals surface area contributed by atoms with Crippen LogP contribution >= 0.6 is 0 Å². The van der Waals surface area contributed by atoms with Gasteiger partial charge in [-0.05, 0) is 64.8 Å². The molecule has 3 fully saturated rings. The van der Waals surface area contributed by atoms with Crippen molar-refractivity contribution in [2.45, 2.75) is 88.6 Å². The molecule has 336 valence electrons. The summed E-state index contributed by atoms with van der Waals surface area (Å²) in [7, 11) is 0. The second-order valence-electron chi connectivity index (χ2n) is 17.6. The van der Waals surface area contributed by atoms with Gasteiger partial charge in [0, 0.05) is 82.5 Å². The topological polar surface area (TPSA) is 156 Å². The summed E-state index contributed by atoms with van der Waals surface area (Å²) in [5.41, 5.74) is 5.29. The number of alkyl halides is 3. The Bertz CT molecular complexity index is 2620. The zero-order valence-electron chi connectivity index (χ0n) is 35.6. The van der Waals surface area contributed by atoms with Crippen molar-refractivity contribution < 1.29 is 37.5 Å². The highest BCUT2D eigenvalue weighted by Gasteiger charge is 2.42. The number of nitrogens with zero attached hydrogens (tertiary/aromatic N) is 7. The molecular weight excluding hydrogens is 840 g/mol. The molecule has 0 radical (unpaired) electrons. The van der Waals surface area contributed by atoms with Crippen LogP contribution in [0.4, 0.5) is 30.8 Å². The van der Waals surface area contributed by atoms with Gasteiger partial charge in [0.1, 0.15) is 17.4 Å². The molecule has 7 heterocycles. The number of halogens is 3. The summed E-state index contributed by atoms with van der Waals surface area (Å²) in [6, 6.07) is 26.1. The molecule has 17 heteroatoms. The summed E-state index contributed by atoms with van der Waals surface area (Å²) >= 11 is 0. The van der Waals surface area contributed by atoms with Gasteiger partial charge >= 0.3 is 6.18 Å². The van der Waals surface area contributed by atoms with Gasteiger partial charge in [-0.25, -0.2) is 15.0 Å². The van der Waals surface area contributed by atoms with Gasteiger partial charge in [0.15, 0.2) is 5.82 Å². The number of piperidine rings is 2. The van der Waals surface area contributed by atoms with Crippen molar-refractivity contribution in [3.63, 3.8) is 0 Å². The van der Waals surface area contributed by atoms with Gasteiger partial charge in [-0.2, -0.15) is 18.2 Å². The van der Waals surface area contributed by atoms with E-state index in [0.29, 0.717) is 63.1 Å². The third-order valence-electron chi connectivity index (χ3n) is 13.3. The van der Waals surface area contributed by atoms with Gasteiger partial charge in [-0.1, -0.05) is 72.8 Å². The van der Waals surface area contributed by atoms with E-state index in [4.69, 9.17) is 9.82 Å². The van der Waals surface area contributed by atoms with Gasteiger partial charge in [0.05, 0.1) is 18.2 Å². The highest BCUT2D eigenvalue weighted by Crippen LogP contribution is 2.42. The minimum Gasteiger partial charge on any atom is -0.385 e. The van der Waals surface area contributed by atoms with Crippen LogP contribution in [0.15, 0.2) is 91.1 Å². The van der Waals surface area contributed by atoms with E-state index in [1.807, 2.05) is 48.5 Å². The Kier molecular flexibility index (Phi) is 11.3. The predicted octanol–water partition coefficient (Wildman–Crippen LogP) is 6.32. The Labute approximate surface area is 373 Å². The molecule has 3 saturated heterocycles. The van der Waals surface area contributed by atoms with Crippen molar-refractivity contribution in [2.75, 3.05) is 36.6 Å². The third-order valence-corrected chi connectivity index (χ3v) is 13.3. The maximum absolute atomic E-state index is 14.2. The van der Waals surface area contributed by atoms with Crippen LogP contribution in [0.1, 0.15) is 93.1 Å². The second-order valence-corrected chi connectivity index (χ2v) is 17.6. The number of imide groups is 1. The number of hydrogen-bond donors (Lipinski definition) is 3. The number of hydrogen-bond acceptors (Lipinski definition) is 12. The quantitative estimate of drug-likeness (QED) is 0.135. The van der Waals surface area contributed by atoms with E-state index in [1.54, 1.807) is 12.1 Å². The van der Waals surface area contributed by atoms with Crippen LogP contribution in [-0.2, 0) is 58.8 Å². The highest BCUT2D eigenvalue weighted by molar-refractivity contribution is 6.05. The fourth-order valence-electron chi connectivity index (χ4n) is 9.75. The van der Waals surface area contributed by atoms with Crippen molar-refractivity contribution in [3.05, 3.63) is 141 Å². The smallest absolute Gasteiger partial charge is 0.385 e. The minimum absolute atomic E-state index is 0.0112. The first-order chi connectivity index (χ1) is 31.4. The van der Waals surface area contributed by atoms with E-state index in [1.165, 1.54) is 21.1 Å². The summed E-state index contributed by atoms with van der Waals surface area (Å²) in [6.45, 7) is 4.95. The molecule has 65 heavy (non-hydrogen) atoms. The monoisotopic (exact) mass is 887 g/mol. The molecule has 0 saturated carbocycles. The van der Waals surface area contributed by atoms with Gasteiger partial charge < -0.3 is 15.3 Å².